The number of aliphatic hydroxyl groups excluding tert-OH is 1. The molecule has 0 aliphatic heterocycles. The molecule has 0 saturated heterocycles. The lowest BCUT2D eigenvalue weighted by Crippen LogP contribution is -2.50. The van der Waals surface area contributed by atoms with Crippen molar-refractivity contribution in [2.24, 2.45) is 0 Å². The molecule has 3 heteroatoms. The average molecular weight is 230 g/mol. The van der Waals surface area contributed by atoms with E-state index in [-0.39, 0.29) is 6.10 Å². The van der Waals surface area contributed by atoms with E-state index in [1.54, 1.807) is 0 Å². The van der Waals surface area contributed by atoms with Crippen molar-refractivity contribution < 1.29 is 5.11 Å². The van der Waals surface area contributed by atoms with E-state index in [1.807, 2.05) is 6.92 Å². The third-order valence-electron chi connectivity index (χ3n) is 3.28. The fourth-order valence-electron chi connectivity index (χ4n) is 2.36. The molecule has 0 heterocycles. The van der Waals surface area contributed by atoms with Crippen LogP contribution in [0.1, 0.15) is 47.5 Å². The number of nitrogens with zero attached hydrogens (tertiary/aromatic N) is 1. The first-order chi connectivity index (χ1) is 7.60. The highest BCUT2D eigenvalue weighted by molar-refractivity contribution is 4.82. The molecule has 0 spiro atoms. The second kappa shape index (κ2) is 8.97. The summed E-state index contributed by atoms with van der Waals surface area (Å²) in [5, 5.41) is 12.8. The van der Waals surface area contributed by atoms with Gasteiger partial charge < -0.3 is 10.4 Å². The molecule has 3 atom stereocenters. The monoisotopic (exact) mass is 230 g/mol. The Hall–Kier alpha value is -0.120. The predicted molar refractivity (Wildman–Crippen MR) is 70.8 cm³/mol. The second-order valence-electron chi connectivity index (χ2n) is 4.47. The molecular weight excluding hydrogens is 200 g/mol. The fraction of sp³-hybridized carbons (Fsp3) is 1.00. The maximum absolute atomic E-state index is 9.33. The molecule has 0 radical (unpaired) electrons. The van der Waals surface area contributed by atoms with Crippen LogP contribution in [0.2, 0.25) is 0 Å². The van der Waals surface area contributed by atoms with Gasteiger partial charge in [0.25, 0.3) is 0 Å². The molecule has 0 aromatic rings. The zero-order valence-corrected chi connectivity index (χ0v) is 11.7. The molecule has 0 bridgehead atoms. The molecule has 3 unspecified atom stereocenters. The number of hydrogen-bond acceptors (Lipinski definition) is 3. The van der Waals surface area contributed by atoms with E-state index in [0.29, 0.717) is 18.6 Å². The van der Waals surface area contributed by atoms with Gasteiger partial charge >= 0.3 is 0 Å². The lowest BCUT2D eigenvalue weighted by Gasteiger charge is -2.35. The van der Waals surface area contributed by atoms with Crippen molar-refractivity contribution in [3.8, 4) is 0 Å². The summed E-state index contributed by atoms with van der Waals surface area (Å²) in [6.07, 6.45) is 2.01. The van der Waals surface area contributed by atoms with Crippen molar-refractivity contribution in [3.05, 3.63) is 0 Å². The van der Waals surface area contributed by atoms with Crippen molar-refractivity contribution in [2.45, 2.75) is 65.6 Å². The molecule has 3 nitrogen and oxygen atoms in total. The predicted octanol–water partition coefficient (Wildman–Crippen LogP) is 1.86. The highest BCUT2D eigenvalue weighted by Gasteiger charge is 2.22. The smallest absolute Gasteiger partial charge is 0.0636 e. The minimum atomic E-state index is -0.261. The maximum atomic E-state index is 9.33. The van der Waals surface area contributed by atoms with Crippen LogP contribution in [0.15, 0.2) is 0 Å². The van der Waals surface area contributed by atoms with Gasteiger partial charge in [-0.25, -0.2) is 0 Å². The van der Waals surface area contributed by atoms with Gasteiger partial charge in [-0.3, -0.25) is 4.90 Å². The third kappa shape index (κ3) is 5.28. The summed E-state index contributed by atoms with van der Waals surface area (Å²) in [5.74, 6) is 0. The van der Waals surface area contributed by atoms with Gasteiger partial charge in [0, 0.05) is 18.6 Å². The lowest BCUT2D eigenvalue weighted by molar-refractivity contribution is 0.141. The van der Waals surface area contributed by atoms with Crippen LogP contribution in [0.4, 0.5) is 0 Å². The summed E-state index contributed by atoms with van der Waals surface area (Å²) < 4.78 is 0. The van der Waals surface area contributed by atoms with E-state index >= 15 is 0 Å². The van der Waals surface area contributed by atoms with E-state index in [9.17, 15) is 5.11 Å². The Bertz CT molecular complexity index is 158. The quantitative estimate of drug-likeness (QED) is 0.634. The molecular formula is C13H30N2O. The topological polar surface area (TPSA) is 35.5 Å². The number of hydrogen-bond donors (Lipinski definition) is 2. The average Bonchev–Trinajstić information content (AvgIpc) is 2.28. The zero-order chi connectivity index (χ0) is 12.6. The Balaban J connectivity index is 4.36. The summed E-state index contributed by atoms with van der Waals surface area (Å²) >= 11 is 0. The van der Waals surface area contributed by atoms with Crippen molar-refractivity contribution in [1.82, 2.24) is 10.2 Å². The molecule has 0 fully saturated rings. The summed E-state index contributed by atoms with van der Waals surface area (Å²) in [4.78, 5) is 2.50. The van der Waals surface area contributed by atoms with Gasteiger partial charge in [-0.05, 0) is 32.9 Å². The zero-order valence-electron chi connectivity index (χ0n) is 11.7. The summed E-state index contributed by atoms with van der Waals surface area (Å²) in [6.45, 7) is 13.6. The van der Waals surface area contributed by atoms with Crippen LogP contribution in [0.5, 0.6) is 0 Å². The summed E-state index contributed by atoms with van der Waals surface area (Å²) in [7, 11) is 0. The van der Waals surface area contributed by atoms with Crippen LogP contribution in [-0.4, -0.2) is 47.8 Å². The standard InChI is InChI=1S/C13H30N2O/c1-6-12(14-10-11(5)16)13(7-2)15(8-3)9-4/h11-14,16H,6-10H2,1-5H3. The summed E-state index contributed by atoms with van der Waals surface area (Å²) in [6, 6.07) is 1.07. The number of likely N-dealkylation sites (N-methyl/N-ethyl adjacent to an activating group) is 1. The molecule has 98 valence electrons. The van der Waals surface area contributed by atoms with Crippen LogP contribution < -0.4 is 5.32 Å². The van der Waals surface area contributed by atoms with Gasteiger partial charge in [-0.2, -0.15) is 0 Å². The number of aliphatic hydroxyl groups is 1. The number of rotatable bonds is 9. The van der Waals surface area contributed by atoms with Crippen molar-refractivity contribution in [2.75, 3.05) is 19.6 Å². The van der Waals surface area contributed by atoms with Crippen LogP contribution in [0.3, 0.4) is 0 Å². The fourth-order valence-corrected chi connectivity index (χ4v) is 2.36. The number of nitrogens with one attached hydrogen (secondary N) is 1. The van der Waals surface area contributed by atoms with Gasteiger partial charge in [-0.15, -0.1) is 0 Å². The molecule has 2 N–H and O–H groups in total. The first-order valence-electron chi connectivity index (χ1n) is 6.75. The van der Waals surface area contributed by atoms with Crippen molar-refractivity contribution in [1.29, 1.82) is 0 Å². The molecule has 0 amide bonds. The highest BCUT2D eigenvalue weighted by Crippen LogP contribution is 2.11. The maximum Gasteiger partial charge on any atom is 0.0636 e. The summed E-state index contributed by atoms with van der Waals surface area (Å²) in [5.41, 5.74) is 0. The van der Waals surface area contributed by atoms with Gasteiger partial charge in [0.2, 0.25) is 0 Å². The van der Waals surface area contributed by atoms with E-state index in [1.165, 1.54) is 0 Å². The van der Waals surface area contributed by atoms with Crippen LogP contribution in [-0.2, 0) is 0 Å². The lowest BCUT2D eigenvalue weighted by atomic mass is 10.0. The molecule has 0 aliphatic carbocycles. The minimum Gasteiger partial charge on any atom is -0.392 e. The molecule has 16 heavy (non-hydrogen) atoms. The van der Waals surface area contributed by atoms with Crippen LogP contribution in [0, 0.1) is 0 Å². The molecule has 0 aromatic carbocycles. The van der Waals surface area contributed by atoms with Crippen molar-refractivity contribution in [3.63, 3.8) is 0 Å². The van der Waals surface area contributed by atoms with Crippen LogP contribution >= 0.6 is 0 Å². The van der Waals surface area contributed by atoms with Crippen LogP contribution in [0.25, 0.3) is 0 Å². The molecule has 0 rings (SSSR count). The van der Waals surface area contributed by atoms with Gasteiger partial charge in [0.1, 0.15) is 0 Å². The Morgan fingerprint density at radius 1 is 1.06 bits per heavy atom. The van der Waals surface area contributed by atoms with E-state index < -0.39 is 0 Å². The minimum absolute atomic E-state index is 0.261. The first-order valence-corrected chi connectivity index (χ1v) is 6.75. The molecule has 0 aromatic heterocycles. The Labute approximate surface area is 101 Å². The molecule has 0 aliphatic rings. The second-order valence-corrected chi connectivity index (χ2v) is 4.47. The van der Waals surface area contributed by atoms with Gasteiger partial charge in [-0.1, -0.05) is 27.7 Å². The highest BCUT2D eigenvalue weighted by atomic mass is 16.3. The molecule has 0 saturated carbocycles. The van der Waals surface area contributed by atoms with E-state index in [2.05, 4.69) is 37.9 Å². The van der Waals surface area contributed by atoms with Gasteiger partial charge in [0.15, 0.2) is 0 Å². The van der Waals surface area contributed by atoms with Crippen molar-refractivity contribution >= 4 is 0 Å². The Kier molecular flexibility index (Phi) is 8.90. The Morgan fingerprint density at radius 2 is 1.62 bits per heavy atom. The van der Waals surface area contributed by atoms with E-state index in [0.717, 1.165) is 25.9 Å². The third-order valence-corrected chi connectivity index (χ3v) is 3.28. The van der Waals surface area contributed by atoms with E-state index in [4.69, 9.17) is 0 Å². The Morgan fingerprint density at radius 3 is 1.94 bits per heavy atom. The SMILES string of the molecule is CCC(NCC(C)O)C(CC)N(CC)CC. The van der Waals surface area contributed by atoms with Gasteiger partial charge in [0.05, 0.1) is 6.10 Å². The normalized spacial score (nSPS) is 17.4. The first kappa shape index (κ1) is 15.9. The largest absolute Gasteiger partial charge is 0.392 e.